The Bertz CT molecular complexity index is 193. The van der Waals surface area contributed by atoms with Crippen molar-refractivity contribution in [2.45, 2.75) is 6.10 Å². The molecule has 4 heteroatoms. The molecule has 1 saturated heterocycles. The van der Waals surface area contributed by atoms with Crippen LogP contribution >= 0.6 is 0 Å². The molecule has 1 rings (SSSR count). The Hall–Kier alpha value is -1.05. The van der Waals surface area contributed by atoms with Crippen LogP contribution in [0.3, 0.4) is 0 Å². The largest absolute Gasteiger partial charge is 0.456 e. The van der Waals surface area contributed by atoms with Crippen LogP contribution in [0, 0.1) is 12.3 Å². The van der Waals surface area contributed by atoms with E-state index < -0.39 is 0 Å². The molecule has 1 fully saturated rings. The lowest BCUT2D eigenvalue weighted by molar-refractivity contribution is -0.170. The van der Waals surface area contributed by atoms with Gasteiger partial charge in [-0.05, 0) is 0 Å². The molecule has 4 nitrogen and oxygen atoms in total. The van der Waals surface area contributed by atoms with E-state index in [2.05, 4.69) is 11.2 Å². The maximum atomic E-state index is 10.9. The van der Waals surface area contributed by atoms with Crippen LogP contribution in [0.2, 0.25) is 0 Å². The van der Waals surface area contributed by atoms with Crippen molar-refractivity contribution in [3.8, 4) is 12.3 Å². The molecule has 0 aliphatic carbocycles. The van der Waals surface area contributed by atoms with Gasteiger partial charge in [0.15, 0.2) is 0 Å². The van der Waals surface area contributed by atoms with Gasteiger partial charge in [-0.1, -0.05) is 5.92 Å². The van der Waals surface area contributed by atoms with E-state index in [1.165, 1.54) is 0 Å². The average Bonchev–Trinajstić information content (AvgIpc) is 1.98. The first-order valence-electron chi connectivity index (χ1n) is 3.74. The Labute approximate surface area is 71.2 Å². The Morgan fingerprint density at radius 2 is 2.50 bits per heavy atom. The van der Waals surface area contributed by atoms with E-state index in [-0.39, 0.29) is 18.6 Å². The van der Waals surface area contributed by atoms with Crippen molar-refractivity contribution in [1.29, 1.82) is 0 Å². The molecule has 0 aromatic rings. The number of nitrogens with one attached hydrogen (secondary N) is 1. The summed E-state index contributed by atoms with van der Waals surface area (Å²) in [5.41, 5.74) is 0. The van der Waals surface area contributed by atoms with Crippen LogP contribution in [0.25, 0.3) is 0 Å². The third-order valence-electron chi connectivity index (χ3n) is 1.40. The molecule has 0 atom stereocenters. The fourth-order valence-electron chi connectivity index (χ4n) is 0.746. The van der Waals surface area contributed by atoms with E-state index in [0.717, 1.165) is 0 Å². The lowest BCUT2D eigenvalue weighted by Crippen LogP contribution is -2.40. The highest BCUT2D eigenvalue weighted by molar-refractivity contribution is 5.71. The van der Waals surface area contributed by atoms with Gasteiger partial charge >= 0.3 is 5.97 Å². The van der Waals surface area contributed by atoms with Gasteiger partial charge in [0.2, 0.25) is 0 Å². The first-order valence-corrected chi connectivity index (χ1v) is 3.74. The summed E-state index contributed by atoms with van der Waals surface area (Å²) in [6, 6.07) is 0. The van der Waals surface area contributed by atoms with Gasteiger partial charge in [-0.15, -0.1) is 6.42 Å². The van der Waals surface area contributed by atoms with E-state index in [9.17, 15) is 4.79 Å². The van der Waals surface area contributed by atoms with Crippen molar-refractivity contribution in [3.05, 3.63) is 0 Å². The Kier molecular flexibility index (Phi) is 3.58. The predicted molar refractivity (Wildman–Crippen MR) is 42.4 cm³/mol. The number of esters is 1. The van der Waals surface area contributed by atoms with Crippen LogP contribution in [-0.2, 0) is 14.3 Å². The average molecular weight is 169 g/mol. The lowest BCUT2D eigenvalue weighted by Gasteiger charge is -2.25. The maximum Gasteiger partial charge on any atom is 0.320 e. The zero-order valence-electron chi connectivity index (χ0n) is 6.71. The monoisotopic (exact) mass is 169 g/mol. The summed E-state index contributed by atoms with van der Waals surface area (Å²) in [4.78, 5) is 10.9. The van der Waals surface area contributed by atoms with Crippen molar-refractivity contribution in [2.75, 3.05) is 26.3 Å². The van der Waals surface area contributed by atoms with E-state index in [4.69, 9.17) is 15.9 Å². The fourth-order valence-corrected chi connectivity index (χ4v) is 0.746. The molecule has 0 radical (unpaired) electrons. The summed E-state index contributed by atoms with van der Waals surface area (Å²) in [5.74, 6) is 2.08. The topological polar surface area (TPSA) is 47.6 Å². The van der Waals surface area contributed by atoms with Crippen LogP contribution in [0.4, 0.5) is 0 Å². The number of carbonyl (C=O) groups is 1. The molecule has 1 aliphatic rings. The molecule has 1 aliphatic heterocycles. The van der Waals surface area contributed by atoms with Crippen LogP contribution in [0.15, 0.2) is 0 Å². The molecule has 0 spiro atoms. The van der Waals surface area contributed by atoms with Crippen LogP contribution in [-0.4, -0.2) is 38.4 Å². The molecule has 12 heavy (non-hydrogen) atoms. The van der Waals surface area contributed by atoms with Gasteiger partial charge in [0, 0.05) is 0 Å². The van der Waals surface area contributed by atoms with Gasteiger partial charge in [0.05, 0.1) is 26.3 Å². The number of rotatable bonds is 4. The van der Waals surface area contributed by atoms with Gasteiger partial charge in [-0.3, -0.25) is 10.1 Å². The van der Waals surface area contributed by atoms with Gasteiger partial charge in [-0.2, -0.15) is 0 Å². The highest BCUT2D eigenvalue weighted by Crippen LogP contribution is 2.04. The molecule has 0 amide bonds. The van der Waals surface area contributed by atoms with E-state index in [1.807, 2.05) is 0 Å². The van der Waals surface area contributed by atoms with Crippen LogP contribution in [0.5, 0.6) is 0 Å². The van der Waals surface area contributed by atoms with Gasteiger partial charge < -0.3 is 9.47 Å². The third-order valence-corrected chi connectivity index (χ3v) is 1.40. The predicted octanol–water partition coefficient (Wildman–Crippen LogP) is -0.849. The summed E-state index contributed by atoms with van der Waals surface area (Å²) in [5, 5.41) is 2.74. The molecule has 0 bridgehead atoms. The van der Waals surface area contributed by atoms with Gasteiger partial charge in [0.25, 0.3) is 0 Å². The second-order valence-electron chi connectivity index (χ2n) is 2.46. The Morgan fingerprint density at radius 1 is 1.75 bits per heavy atom. The van der Waals surface area contributed by atoms with Crippen LogP contribution in [0.1, 0.15) is 0 Å². The summed E-state index contributed by atoms with van der Waals surface area (Å²) < 4.78 is 9.77. The van der Waals surface area contributed by atoms with Crippen LogP contribution < -0.4 is 5.32 Å². The number of terminal acetylenes is 1. The smallest absolute Gasteiger partial charge is 0.320 e. The van der Waals surface area contributed by atoms with Crippen molar-refractivity contribution in [2.24, 2.45) is 0 Å². The van der Waals surface area contributed by atoms with E-state index in [0.29, 0.717) is 19.8 Å². The quantitative estimate of drug-likeness (QED) is 0.338. The molecular weight excluding hydrogens is 158 g/mol. The molecule has 66 valence electrons. The van der Waals surface area contributed by atoms with Crippen molar-refractivity contribution in [1.82, 2.24) is 5.32 Å². The second kappa shape index (κ2) is 4.75. The summed E-state index contributed by atoms with van der Waals surface area (Å²) >= 11 is 0. The third kappa shape index (κ3) is 2.91. The van der Waals surface area contributed by atoms with E-state index in [1.54, 1.807) is 0 Å². The highest BCUT2D eigenvalue weighted by Gasteiger charge is 2.21. The summed E-state index contributed by atoms with van der Waals surface area (Å²) in [6.45, 7) is 1.58. The first-order chi connectivity index (χ1) is 5.83. The minimum Gasteiger partial charge on any atom is -0.456 e. The first kappa shape index (κ1) is 9.04. The molecule has 0 aromatic heterocycles. The van der Waals surface area contributed by atoms with Gasteiger partial charge in [0.1, 0.15) is 6.10 Å². The standard InChI is InChI=1S/C8H11NO3/c1-2-3-9-4-8(10)12-7-5-11-6-7/h1,7,9H,3-6H2. The van der Waals surface area contributed by atoms with Crippen molar-refractivity contribution in [3.63, 3.8) is 0 Å². The molecular formula is C8H11NO3. The maximum absolute atomic E-state index is 10.9. The van der Waals surface area contributed by atoms with Crippen molar-refractivity contribution >= 4 is 5.97 Å². The molecule has 1 heterocycles. The second-order valence-corrected chi connectivity index (χ2v) is 2.46. The molecule has 0 saturated carbocycles. The minimum absolute atomic E-state index is 0.0508. The normalized spacial score (nSPS) is 16.2. The summed E-state index contributed by atoms with van der Waals surface area (Å²) in [7, 11) is 0. The molecule has 1 N–H and O–H groups in total. The fraction of sp³-hybridized carbons (Fsp3) is 0.625. The number of ether oxygens (including phenoxy) is 2. The minimum atomic E-state index is -0.279. The van der Waals surface area contributed by atoms with Gasteiger partial charge in [-0.25, -0.2) is 0 Å². The Balaban J connectivity index is 2.00. The number of hydrogen-bond donors (Lipinski definition) is 1. The zero-order chi connectivity index (χ0) is 8.81. The number of carbonyl (C=O) groups excluding carboxylic acids is 1. The summed E-state index contributed by atoms with van der Waals surface area (Å²) in [6.07, 6.45) is 4.92. The highest BCUT2D eigenvalue weighted by atomic mass is 16.6. The van der Waals surface area contributed by atoms with Crippen molar-refractivity contribution < 1.29 is 14.3 Å². The SMILES string of the molecule is C#CCNCC(=O)OC1COC1. The molecule has 0 aromatic carbocycles. The Morgan fingerprint density at radius 3 is 3.00 bits per heavy atom. The number of hydrogen-bond acceptors (Lipinski definition) is 4. The zero-order valence-corrected chi connectivity index (χ0v) is 6.71. The molecule has 0 unspecified atom stereocenters. The lowest BCUT2D eigenvalue weighted by atomic mass is 10.3. The van der Waals surface area contributed by atoms with E-state index >= 15 is 0 Å².